The number of nitriles is 1. The third-order valence-electron chi connectivity index (χ3n) is 2.10. The van der Waals surface area contributed by atoms with Gasteiger partial charge in [-0.05, 0) is 11.6 Å². The van der Waals surface area contributed by atoms with Crippen LogP contribution in [0.3, 0.4) is 0 Å². The van der Waals surface area contributed by atoms with Crippen LogP contribution in [0.5, 0.6) is 0 Å². The number of benzene rings is 1. The lowest BCUT2D eigenvalue weighted by Crippen LogP contribution is -2.63. The Morgan fingerprint density at radius 2 is 2.20 bits per heavy atom. The molecule has 0 amide bonds. The highest BCUT2D eigenvalue weighted by atomic mass is 16.4. The molecule has 0 aliphatic carbocycles. The second-order valence-electron chi connectivity index (χ2n) is 3.42. The summed E-state index contributed by atoms with van der Waals surface area (Å²) in [6, 6.07) is 8.92. The Hall–Kier alpha value is -1.86. The van der Waals surface area contributed by atoms with Crippen LogP contribution < -0.4 is 10.8 Å². The molecule has 0 bridgehead atoms. The molecule has 0 aliphatic rings. The van der Waals surface area contributed by atoms with Crippen molar-refractivity contribution in [2.24, 2.45) is 0 Å². The highest BCUT2D eigenvalue weighted by Crippen LogP contribution is 2.09. The van der Waals surface area contributed by atoms with E-state index in [9.17, 15) is 9.90 Å². The lowest BCUT2D eigenvalue weighted by Gasteiger charge is -2.09. The van der Waals surface area contributed by atoms with Crippen molar-refractivity contribution in [1.29, 1.82) is 5.26 Å². The standard InChI is InChI=1S/C11H12N2O2/c12-7-9-4-2-1-3-8(9)5-10(13)6-11(14)15/h1-4,10H,5-6,13H2,(H,14,15)/t10-/m1/s1. The van der Waals surface area contributed by atoms with Gasteiger partial charge in [-0.25, -0.2) is 0 Å². The molecule has 4 heteroatoms. The van der Waals surface area contributed by atoms with Gasteiger partial charge in [-0.1, -0.05) is 18.2 Å². The Labute approximate surface area is 87.9 Å². The molecule has 0 heterocycles. The minimum absolute atomic E-state index is 0.0836. The maximum Gasteiger partial charge on any atom is 0.0994 e. The van der Waals surface area contributed by atoms with Gasteiger partial charge >= 0.3 is 0 Å². The maximum atomic E-state index is 10.3. The summed E-state index contributed by atoms with van der Waals surface area (Å²) in [6.07, 6.45) is 0.400. The molecule has 1 aromatic rings. The molecule has 1 atom stereocenters. The number of carbonyl (C=O) groups is 1. The van der Waals surface area contributed by atoms with Crippen molar-refractivity contribution >= 4 is 5.97 Å². The first kappa shape index (κ1) is 11.2. The molecule has 1 aromatic carbocycles. The average molecular weight is 204 g/mol. The third-order valence-corrected chi connectivity index (χ3v) is 2.10. The van der Waals surface area contributed by atoms with E-state index < -0.39 is 5.97 Å². The number of hydrogen-bond acceptors (Lipinski definition) is 3. The van der Waals surface area contributed by atoms with Gasteiger partial charge < -0.3 is 15.6 Å². The zero-order valence-corrected chi connectivity index (χ0v) is 8.27. The summed E-state index contributed by atoms with van der Waals surface area (Å²) in [6.45, 7) is 0. The van der Waals surface area contributed by atoms with E-state index in [1.165, 1.54) is 0 Å². The molecule has 0 aromatic heterocycles. The molecule has 0 saturated heterocycles. The van der Waals surface area contributed by atoms with Crippen LogP contribution >= 0.6 is 0 Å². The predicted molar refractivity (Wildman–Crippen MR) is 51.2 cm³/mol. The highest BCUT2D eigenvalue weighted by molar-refractivity contribution is 5.64. The molecule has 4 nitrogen and oxygen atoms in total. The summed E-state index contributed by atoms with van der Waals surface area (Å²) < 4.78 is 0. The Bertz CT molecular complexity index is 396. The summed E-state index contributed by atoms with van der Waals surface area (Å²) in [5.41, 5.74) is 5.13. The lowest BCUT2D eigenvalue weighted by molar-refractivity contribution is -0.423. The van der Waals surface area contributed by atoms with Crippen molar-refractivity contribution in [3.05, 3.63) is 35.4 Å². The fraction of sp³-hybridized carbons (Fsp3) is 0.273. The van der Waals surface area contributed by atoms with Gasteiger partial charge in [0.2, 0.25) is 0 Å². The van der Waals surface area contributed by atoms with E-state index in [2.05, 4.69) is 11.8 Å². The third kappa shape index (κ3) is 3.41. The first-order valence-corrected chi connectivity index (χ1v) is 4.64. The fourth-order valence-corrected chi connectivity index (χ4v) is 1.43. The van der Waals surface area contributed by atoms with Crippen LogP contribution in [0.25, 0.3) is 0 Å². The van der Waals surface area contributed by atoms with E-state index >= 15 is 0 Å². The lowest BCUT2D eigenvalue weighted by atomic mass is 10.00. The van der Waals surface area contributed by atoms with Crippen LogP contribution in [-0.4, -0.2) is 12.0 Å². The second kappa shape index (κ2) is 5.13. The first-order valence-electron chi connectivity index (χ1n) is 4.64. The minimum atomic E-state index is -1.11. The molecule has 0 saturated carbocycles. The number of rotatable bonds is 4. The van der Waals surface area contributed by atoms with Gasteiger partial charge in [-0.15, -0.1) is 0 Å². The van der Waals surface area contributed by atoms with E-state index in [0.29, 0.717) is 12.0 Å². The van der Waals surface area contributed by atoms with Crippen molar-refractivity contribution in [3.8, 4) is 6.07 Å². The van der Waals surface area contributed by atoms with Crippen molar-refractivity contribution < 1.29 is 15.6 Å². The number of quaternary nitrogens is 1. The Kier molecular flexibility index (Phi) is 3.83. The number of nitrogens with zero attached hydrogens (tertiary/aromatic N) is 1. The quantitative estimate of drug-likeness (QED) is 0.671. The van der Waals surface area contributed by atoms with Crippen molar-refractivity contribution in [2.75, 3.05) is 0 Å². The zero-order chi connectivity index (χ0) is 11.3. The Morgan fingerprint density at radius 1 is 1.53 bits per heavy atom. The number of hydrogen-bond donors (Lipinski definition) is 1. The van der Waals surface area contributed by atoms with Crippen LogP contribution in [0.15, 0.2) is 24.3 Å². The Balaban J connectivity index is 2.72. The zero-order valence-electron chi connectivity index (χ0n) is 8.27. The van der Waals surface area contributed by atoms with Crippen molar-refractivity contribution in [1.82, 2.24) is 0 Å². The molecule has 0 unspecified atom stereocenters. The number of carboxylic acids is 1. The molecule has 0 spiro atoms. The van der Waals surface area contributed by atoms with Crippen LogP contribution in [0.1, 0.15) is 17.5 Å². The van der Waals surface area contributed by atoms with Gasteiger partial charge in [-0.3, -0.25) is 0 Å². The monoisotopic (exact) mass is 204 g/mol. The van der Waals surface area contributed by atoms with E-state index in [4.69, 9.17) is 5.26 Å². The van der Waals surface area contributed by atoms with Crippen LogP contribution in [-0.2, 0) is 11.2 Å². The largest absolute Gasteiger partial charge is 0.550 e. The van der Waals surface area contributed by atoms with Crippen LogP contribution in [0, 0.1) is 11.3 Å². The maximum absolute atomic E-state index is 10.3. The highest BCUT2D eigenvalue weighted by Gasteiger charge is 2.10. The smallest absolute Gasteiger partial charge is 0.0994 e. The number of aliphatic carboxylic acids is 1. The molecule has 0 aliphatic heterocycles. The van der Waals surface area contributed by atoms with Gasteiger partial charge in [0.05, 0.1) is 17.7 Å². The van der Waals surface area contributed by atoms with Gasteiger partial charge in [0.15, 0.2) is 0 Å². The van der Waals surface area contributed by atoms with Gasteiger partial charge in [0.25, 0.3) is 0 Å². The SMILES string of the molecule is N#Cc1ccccc1C[C@@H]([NH3+])CC(=O)[O-]. The van der Waals surface area contributed by atoms with Crippen LogP contribution in [0.4, 0.5) is 0 Å². The average Bonchev–Trinajstić information content (AvgIpc) is 2.17. The predicted octanol–water partition coefficient (Wildman–Crippen LogP) is -1.15. The molecule has 15 heavy (non-hydrogen) atoms. The molecule has 78 valence electrons. The molecule has 0 fully saturated rings. The fourth-order valence-electron chi connectivity index (χ4n) is 1.43. The summed E-state index contributed by atoms with van der Waals surface area (Å²) in [5.74, 6) is -1.11. The van der Waals surface area contributed by atoms with Gasteiger partial charge in [0, 0.05) is 18.8 Å². The number of carbonyl (C=O) groups excluding carboxylic acids is 1. The van der Waals surface area contributed by atoms with Gasteiger partial charge in [0.1, 0.15) is 0 Å². The molecule has 3 N–H and O–H groups in total. The van der Waals surface area contributed by atoms with E-state index in [1.54, 1.807) is 12.1 Å². The summed E-state index contributed by atoms with van der Waals surface area (Å²) >= 11 is 0. The Morgan fingerprint density at radius 3 is 2.80 bits per heavy atom. The molecule has 1 rings (SSSR count). The normalized spacial score (nSPS) is 11.7. The summed E-state index contributed by atoms with van der Waals surface area (Å²) in [5, 5.41) is 19.2. The summed E-state index contributed by atoms with van der Waals surface area (Å²) in [7, 11) is 0. The summed E-state index contributed by atoms with van der Waals surface area (Å²) in [4.78, 5) is 10.3. The van der Waals surface area contributed by atoms with E-state index in [0.717, 1.165) is 5.56 Å². The van der Waals surface area contributed by atoms with Gasteiger partial charge in [-0.2, -0.15) is 5.26 Å². The van der Waals surface area contributed by atoms with E-state index in [-0.39, 0.29) is 12.5 Å². The second-order valence-corrected chi connectivity index (χ2v) is 3.42. The topological polar surface area (TPSA) is 91.6 Å². The van der Waals surface area contributed by atoms with Crippen LogP contribution in [0.2, 0.25) is 0 Å². The number of carboxylic acid groups (broad SMARTS) is 1. The van der Waals surface area contributed by atoms with E-state index in [1.807, 2.05) is 12.1 Å². The van der Waals surface area contributed by atoms with Crippen molar-refractivity contribution in [2.45, 2.75) is 18.9 Å². The molecular formula is C11H12N2O2. The minimum Gasteiger partial charge on any atom is -0.550 e. The van der Waals surface area contributed by atoms with Crippen molar-refractivity contribution in [3.63, 3.8) is 0 Å². The first-order chi connectivity index (χ1) is 7.13. The molecule has 0 radical (unpaired) electrons. The molecular weight excluding hydrogens is 192 g/mol.